The second-order valence-corrected chi connectivity index (χ2v) is 8.19. The highest BCUT2D eigenvalue weighted by molar-refractivity contribution is 5.97. The van der Waals surface area contributed by atoms with E-state index in [2.05, 4.69) is 106 Å². The molecule has 0 heteroatoms. The van der Waals surface area contributed by atoms with Crippen molar-refractivity contribution < 1.29 is 0 Å². The Morgan fingerprint density at radius 1 is 0.594 bits per heavy atom. The predicted octanol–water partition coefficient (Wildman–Crippen LogP) is 9.88. The van der Waals surface area contributed by atoms with Gasteiger partial charge in [0.05, 0.1) is 0 Å². The Kier molecular flexibility index (Phi) is 8.79. The van der Waals surface area contributed by atoms with E-state index in [1.54, 1.807) is 6.08 Å². The molecule has 0 fully saturated rings. The molecule has 32 heavy (non-hydrogen) atoms. The van der Waals surface area contributed by atoms with Gasteiger partial charge in [0.15, 0.2) is 0 Å². The van der Waals surface area contributed by atoms with Gasteiger partial charge in [-0.25, -0.2) is 0 Å². The van der Waals surface area contributed by atoms with Crippen molar-refractivity contribution in [3.05, 3.63) is 122 Å². The van der Waals surface area contributed by atoms with E-state index in [0.29, 0.717) is 0 Å². The first-order chi connectivity index (χ1) is 15.5. The third-order valence-corrected chi connectivity index (χ3v) is 5.74. The molecule has 0 aliphatic heterocycles. The van der Waals surface area contributed by atoms with Gasteiger partial charge < -0.3 is 0 Å². The molecule has 1 aliphatic carbocycles. The summed E-state index contributed by atoms with van der Waals surface area (Å²) in [6, 6.07) is 26.8. The van der Waals surface area contributed by atoms with E-state index in [0.717, 1.165) is 0 Å². The van der Waals surface area contributed by atoms with E-state index in [-0.39, 0.29) is 5.41 Å². The van der Waals surface area contributed by atoms with Crippen LogP contribution in [0.25, 0.3) is 32.7 Å². The van der Waals surface area contributed by atoms with Crippen LogP contribution in [0.4, 0.5) is 0 Å². The summed E-state index contributed by atoms with van der Waals surface area (Å²) in [5, 5.41) is 5.31. The third-order valence-electron chi connectivity index (χ3n) is 5.74. The number of benzene rings is 4. The van der Waals surface area contributed by atoms with Crippen molar-refractivity contribution >= 4 is 21.5 Å². The van der Waals surface area contributed by atoms with Crippen molar-refractivity contribution in [2.45, 2.75) is 40.0 Å². The van der Waals surface area contributed by atoms with E-state index in [1.165, 1.54) is 43.8 Å². The van der Waals surface area contributed by atoms with Crippen LogP contribution in [0.2, 0.25) is 0 Å². The minimum atomic E-state index is 0.0543. The van der Waals surface area contributed by atoms with Crippen LogP contribution in [0.3, 0.4) is 0 Å². The first-order valence-electron chi connectivity index (χ1n) is 11.2. The van der Waals surface area contributed by atoms with Crippen LogP contribution in [-0.4, -0.2) is 0 Å². The standard InChI is InChI=1S/C23H18.C4H8.C3H6.C2H4/c1-23(2)21-13-17-9-5-3-7-15(17)11-19(21)20-12-16-8-4-6-10-18(16)14-22(20)23;1-3-4-2;1-3-2;1-2/h3-14H,1-2H3;3-4H,1-2H3;3H,1H2,2H3;1-2H2/b;4-3-;;. The highest BCUT2D eigenvalue weighted by atomic mass is 14.4. The second kappa shape index (κ2) is 11.3. The van der Waals surface area contributed by atoms with Gasteiger partial charge in [0.1, 0.15) is 0 Å². The number of hydrogen-bond acceptors (Lipinski definition) is 0. The Balaban J connectivity index is 0.000000353. The smallest absolute Gasteiger partial charge is 0.0159 e. The normalized spacial score (nSPS) is 12.4. The molecule has 0 amide bonds. The number of fused-ring (bicyclic) bond motifs is 5. The molecular weight excluding hydrogens is 384 g/mol. The maximum Gasteiger partial charge on any atom is 0.0159 e. The van der Waals surface area contributed by atoms with Crippen LogP contribution in [-0.2, 0) is 5.41 Å². The average Bonchev–Trinajstić information content (AvgIpc) is 3.04. The van der Waals surface area contributed by atoms with Crippen LogP contribution in [0.15, 0.2) is 111 Å². The molecule has 4 aromatic rings. The maximum absolute atomic E-state index is 3.36. The first kappa shape index (κ1) is 24.9. The zero-order valence-electron chi connectivity index (χ0n) is 20.3. The van der Waals surface area contributed by atoms with Crippen LogP contribution < -0.4 is 0 Å². The fraction of sp³-hybridized carbons (Fsp3) is 0.188. The molecule has 0 aromatic heterocycles. The van der Waals surface area contributed by atoms with E-state index < -0.39 is 0 Å². The van der Waals surface area contributed by atoms with Gasteiger partial charge in [-0.1, -0.05) is 80.6 Å². The SMILES string of the molecule is C/C=C\C.C=C.C=CC.CC1(C)c2cc3ccccc3cc2-c2cc3ccccc3cc21. The summed E-state index contributed by atoms with van der Waals surface area (Å²) in [5.74, 6) is 0. The van der Waals surface area contributed by atoms with Gasteiger partial charge in [0.25, 0.3) is 0 Å². The summed E-state index contributed by atoms with van der Waals surface area (Å²) in [6.07, 6.45) is 5.75. The predicted molar refractivity (Wildman–Crippen MR) is 147 cm³/mol. The Morgan fingerprint density at radius 3 is 1.16 bits per heavy atom. The minimum absolute atomic E-state index is 0.0543. The molecule has 0 saturated heterocycles. The van der Waals surface area contributed by atoms with Crippen LogP contribution in [0, 0.1) is 0 Å². The van der Waals surface area contributed by atoms with Gasteiger partial charge in [-0.3, -0.25) is 0 Å². The molecule has 0 spiro atoms. The van der Waals surface area contributed by atoms with Crippen molar-refractivity contribution in [1.29, 1.82) is 0 Å². The van der Waals surface area contributed by atoms with Crippen molar-refractivity contribution in [2.75, 3.05) is 0 Å². The summed E-state index contributed by atoms with van der Waals surface area (Å²) in [7, 11) is 0. The van der Waals surface area contributed by atoms with Crippen LogP contribution in [0.1, 0.15) is 45.7 Å². The molecule has 0 unspecified atom stereocenters. The maximum atomic E-state index is 3.36. The number of allylic oxidation sites excluding steroid dienone is 3. The molecule has 0 nitrogen and oxygen atoms in total. The lowest BCUT2D eigenvalue weighted by Gasteiger charge is -2.22. The lowest BCUT2D eigenvalue weighted by Crippen LogP contribution is -2.14. The molecule has 0 saturated carbocycles. The average molecular weight is 421 g/mol. The van der Waals surface area contributed by atoms with Crippen molar-refractivity contribution in [2.24, 2.45) is 0 Å². The largest absolute Gasteiger partial charge is 0.106 e. The molecule has 5 rings (SSSR count). The van der Waals surface area contributed by atoms with Gasteiger partial charge in [-0.2, -0.15) is 0 Å². The summed E-state index contributed by atoms with van der Waals surface area (Å²) in [5.41, 5.74) is 5.74. The van der Waals surface area contributed by atoms with Crippen LogP contribution >= 0.6 is 0 Å². The summed E-state index contributed by atoms with van der Waals surface area (Å²) < 4.78 is 0. The quantitative estimate of drug-likeness (QED) is 0.248. The zero-order valence-corrected chi connectivity index (χ0v) is 20.3. The van der Waals surface area contributed by atoms with Crippen molar-refractivity contribution in [3.63, 3.8) is 0 Å². The Labute approximate surface area is 194 Å². The molecular formula is C32H36. The second-order valence-electron chi connectivity index (χ2n) is 8.19. The van der Waals surface area contributed by atoms with E-state index in [4.69, 9.17) is 0 Å². The molecule has 4 aromatic carbocycles. The molecule has 0 bridgehead atoms. The van der Waals surface area contributed by atoms with Gasteiger partial charge in [-0.15, -0.1) is 19.7 Å². The minimum Gasteiger partial charge on any atom is -0.106 e. The fourth-order valence-electron chi connectivity index (χ4n) is 4.11. The van der Waals surface area contributed by atoms with E-state index >= 15 is 0 Å². The topological polar surface area (TPSA) is 0 Å². The Bertz CT molecular complexity index is 1130. The zero-order chi connectivity index (χ0) is 23.7. The fourth-order valence-corrected chi connectivity index (χ4v) is 4.11. The molecule has 0 N–H and O–H groups in total. The highest BCUT2D eigenvalue weighted by Gasteiger charge is 2.35. The van der Waals surface area contributed by atoms with Gasteiger partial charge in [0.2, 0.25) is 0 Å². The Morgan fingerprint density at radius 2 is 0.875 bits per heavy atom. The number of hydrogen-bond donors (Lipinski definition) is 0. The van der Waals surface area contributed by atoms with Gasteiger partial charge in [-0.05, 0) is 88.8 Å². The summed E-state index contributed by atoms with van der Waals surface area (Å²) in [4.78, 5) is 0. The summed E-state index contributed by atoms with van der Waals surface area (Å²) in [6.45, 7) is 19.9. The summed E-state index contributed by atoms with van der Waals surface area (Å²) >= 11 is 0. The molecule has 0 radical (unpaired) electrons. The third kappa shape index (κ3) is 4.92. The lowest BCUT2D eigenvalue weighted by molar-refractivity contribution is 0.662. The van der Waals surface area contributed by atoms with Crippen molar-refractivity contribution in [3.8, 4) is 11.1 Å². The lowest BCUT2D eigenvalue weighted by atomic mass is 9.81. The van der Waals surface area contributed by atoms with Gasteiger partial charge in [0, 0.05) is 5.41 Å². The van der Waals surface area contributed by atoms with Crippen molar-refractivity contribution in [1.82, 2.24) is 0 Å². The van der Waals surface area contributed by atoms with E-state index in [9.17, 15) is 0 Å². The monoisotopic (exact) mass is 420 g/mol. The van der Waals surface area contributed by atoms with Gasteiger partial charge >= 0.3 is 0 Å². The molecule has 0 heterocycles. The van der Waals surface area contributed by atoms with Crippen LogP contribution in [0.5, 0.6) is 0 Å². The highest BCUT2D eigenvalue weighted by Crippen LogP contribution is 2.50. The molecule has 164 valence electrons. The molecule has 0 atom stereocenters. The number of rotatable bonds is 0. The first-order valence-corrected chi connectivity index (χ1v) is 11.2. The van der Waals surface area contributed by atoms with E-state index in [1.807, 2.05) is 32.9 Å². The molecule has 1 aliphatic rings. The Hall–Kier alpha value is -3.38.